The van der Waals surface area contributed by atoms with Crippen LogP contribution in [0.1, 0.15) is 67.9 Å². The fourth-order valence-corrected chi connectivity index (χ4v) is 3.32. The van der Waals surface area contributed by atoms with Crippen LogP contribution in [0.2, 0.25) is 0 Å². The molecule has 0 radical (unpaired) electrons. The van der Waals surface area contributed by atoms with Gasteiger partial charge in [-0.2, -0.15) is 8.78 Å². The molecule has 0 N–H and O–H groups in total. The monoisotopic (exact) mass is 542 g/mol. The molecule has 0 aliphatic rings. The van der Waals surface area contributed by atoms with E-state index in [1.165, 1.54) is 24.3 Å². The van der Waals surface area contributed by atoms with Crippen LogP contribution in [0.3, 0.4) is 0 Å². The Hall–Kier alpha value is -3.99. The van der Waals surface area contributed by atoms with Gasteiger partial charge in [-0.15, -0.1) is 0 Å². The van der Waals surface area contributed by atoms with Gasteiger partial charge in [-0.25, -0.2) is 13.6 Å². The molecule has 3 rings (SSSR count). The number of hydrogen-bond acceptors (Lipinski definition) is 4. The number of rotatable bonds is 11. The minimum Gasteiger partial charge on any atom is -0.493 e. The van der Waals surface area contributed by atoms with E-state index in [1.54, 1.807) is 24.3 Å². The molecule has 3 aromatic rings. The minimum atomic E-state index is -1.64. The Morgan fingerprint density at radius 3 is 2.00 bits per heavy atom. The molecule has 206 valence electrons. The third-order valence-corrected chi connectivity index (χ3v) is 5.94. The number of carbonyl (C=O) groups is 1. The van der Waals surface area contributed by atoms with Gasteiger partial charge in [-0.05, 0) is 60.9 Å². The standard InChI is InChI=1S/C31H30F4O4/c1-4-6-7-18-37-30-28(34)26(32)25(27(33)29(30)35)17-10-21-8-11-22(12-9-21)31(36)39-24-15-13-23(14-16-24)38-19-20(3)5-2/h8-9,11-16,20H,4-7,18-19H2,1-3H3/t20-/m0/s1. The van der Waals surface area contributed by atoms with Gasteiger partial charge in [-0.3, -0.25) is 0 Å². The Bertz CT molecular complexity index is 1300. The zero-order valence-electron chi connectivity index (χ0n) is 22.1. The number of ether oxygens (including phenoxy) is 3. The normalized spacial score (nSPS) is 11.4. The fourth-order valence-electron chi connectivity index (χ4n) is 3.32. The molecule has 4 nitrogen and oxygen atoms in total. The SMILES string of the molecule is CCCCCOc1c(F)c(F)c(C#Cc2ccc(C(=O)Oc3ccc(OC[C@@H](C)CC)cc3)cc2)c(F)c1F. The van der Waals surface area contributed by atoms with Crippen molar-refractivity contribution in [3.63, 3.8) is 0 Å². The highest BCUT2D eigenvalue weighted by Gasteiger charge is 2.26. The van der Waals surface area contributed by atoms with Crippen LogP contribution in [-0.4, -0.2) is 19.2 Å². The van der Waals surface area contributed by atoms with E-state index in [1.807, 2.05) is 6.92 Å². The molecular weight excluding hydrogens is 512 g/mol. The summed E-state index contributed by atoms with van der Waals surface area (Å²) in [7, 11) is 0. The predicted octanol–water partition coefficient (Wildman–Crippen LogP) is 7.86. The molecule has 0 saturated heterocycles. The molecule has 0 aliphatic carbocycles. The lowest BCUT2D eigenvalue weighted by Crippen LogP contribution is -2.09. The van der Waals surface area contributed by atoms with Gasteiger partial charge in [0.05, 0.1) is 18.8 Å². The molecule has 0 heterocycles. The highest BCUT2D eigenvalue weighted by atomic mass is 19.2. The van der Waals surface area contributed by atoms with Gasteiger partial charge < -0.3 is 14.2 Å². The molecule has 0 aliphatic heterocycles. The summed E-state index contributed by atoms with van der Waals surface area (Å²) in [5.74, 6) is -2.26. The van der Waals surface area contributed by atoms with Gasteiger partial charge in [-0.1, -0.05) is 51.9 Å². The van der Waals surface area contributed by atoms with Crippen molar-refractivity contribution < 1.29 is 36.6 Å². The van der Waals surface area contributed by atoms with E-state index in [2.05, 4.69) is 25.7 Å². The molecule has 0 saturated carbocycles. The van der Waals surface area contributed by atoms with Crippen LogP contribution in [0.5, 0.6) is 17.2 Å². The summed E-state index contributed by atoms with van der Waals surface area (Å²) in [5.41, 5.74) is -0.587. The maximum atomic E-state index is 14.4. The number of hydrogen-bond donors (Lipinski definition) is 0. The van der Waals surface area contributed by atoms with E-state index in [9.17, 15) is 22.4 Å². The van der Waals surface area contributed by atoms with E-state index in [4.69, 9.17) is 14.2 Å². The highest BCUT2D eigenvalue weighted by molar-refractivity contribution is 5.91. The third-order valence-electron chi connectivity index (χ3n) is 5.94. The Kier molecular flexibility index (Phi) is 10.8. The van der Waals surface area contributed by atoms with E-state index in [-0.39, 0.29) is 17.7 Å². The van der Waals surface area contributed by atoms with Crippen molar-refractivity contribution in [3.8, 4) is 29.1 Å². The average Bonchev–Trinajstić information content (AvgIpc) is 2.95. The number of carbonyl (C=O) groups excluding carboxylic acids is 1. The predicted molar refractivity (Wildman–Crippen MR) is 140 cm³/mol. The molecule has 0 fully saturated rings. The van der Waals surface area contributed by atoms with Crippen LogP contribution in [0, 0.1) is 41.0 Å². The van der Waals surface area contributed by atoms with Crippen LogP contribution in [-0.2, 0) is 0 Å². The molecular formula is C31H30F4O4. The van der Waals surface area contributed by atoms with Crippen molar-refractivity contribution in [1.29, 1.82) is 0 Å². The number of esters is 1. The van der Waals surface area contributed by atoms with E-state index in [0.717, 1.165) is 19.3 Å². The van der Waals surface area contributed by atoms with Gasteiger partial charge in [0.25, 0.3) is 0 Å². The van der Waals surface area contributed by atoms with Gasteiger partial charge in [0, 0.05) is 5.56 Å². The largest absolute Gasteiger partial charge is 0.493 e. The number of unbranched alkanes of at least 4 members (excludes halogenated alkanes) is 2. The number of halogens is 4. The van der Waals surface area contributed by atoms with Crippen LogP contribution in [0.4, 0.5) is 17.6 Å². The summed E-state index contributed by atoms with van der Waals surface area (Å²) >= 11 is 0. The van der Waals surface area contributed by atoms with E-state index >= 15 is 0 Å². The lowest BCUT2D eigenvalue weighted by atomic mass is 10.1. The van der Waals surface area contributed by atoms with Crippen LogP contribution < -0.4 is 14.2 Å². The van der Waals surface area contributed by atoms with Gasteiger partial charge in [0.2, 0.25) is 11.6 Å². The molecule has 0 bridgehead atoms. The van der Waals surface area contributed by atoms with Crippen LogP contribution in [0.25, 0.3) is 0 Å². The van der Waals surface area contributed by atoms with Gasteiger partial charge >= 0.3 is 5.97 Å². The second kappa shape index (κ2) is 14.2. The first kappa shape index (κ1) is 29.6. The lowest BCUT2D eigenvalue weighted by molar-refractivity contribution is 0.0734. The highest BCUT2D eigenvalue weighted by Crippen LogP contribution is 2.30. The van der Waals surface area contributed by atoms with Crippen molar-refractivity contribution in [2.45, 2.75) is 46.5 Å². The first-order chi connectivity index (χ1) is 18.7. The molecule has 8 heteroatoms. The summed E-state index contributed by atoms with van der Waals surface area (Å²) in [6.07, 6.45) is 3.09. The molecule has 0 aromatic heterocycles. The molecule has 0 spiro atoms. The topological polar surface area (TPSA) is 44.8 Å². The first-order valence-corrected chi connectivity index (χ1v) is 12.8. The molecule has 1 atom stereocenters. The van der Waals surface area contributed by atoms with Crippen molar-refractivity contribution in [3.05, 3.63) is 88.5 Å². The number of benzene rings is 3. The van der Waals surface area contributed by atoms with Crippen LogP contribution >= 0.6 is 0 Å². The molecule has 0 amide bonds. The van der Waals surface area contributed by atoms with Crippen LogP contribution in [0.15, 0.2) is 48.5 Å². The summed E-state index contributed by atoms with van der Waals surface area (Å²) < 4.78 is 73.5. The summed E-state index contributed by atoms with van der Waals surface area (Å²) in [6.45, 7) is 6.62. The Labute approximate surface area is 225 Å². The second-order valence-corrected chi connectivity index (χ2v) is 9.03. The third kappa shape index (κ3) is 8.00. The molecule has 3 aromatic carbocycles. The maximum Gasteiger partial charge on any atom is 0.343 e. The zero-order valence-corrected chi connectivity index (χ0v) is 22.1. The van der Waals surface area contributed by atoms with Crippen molar-refractivity contribution >= 4 is 5.97 Å². The maximum absolute atomic E-state index is 14.4. The van der Waals surface area contributed by atoms with Crippen molar-refractivity contribution in [2.24, 2.45) is 5.92 Å². The van der Waals surface area contributed by atoms with Gasteiger partial charge in [0.15, 0.2) is 17.4 Å². The molecule has 39 heavy (non-hydrogen) atoms. The Balaban J connectivity index is 1.67. The quantitative estimate of drug-likeness (QED) is 0.0618. The van der Waals surface area contributed by atoms with Gasteiger partial charge in [0.1, 0.15) is 17.1 Å². The molecule has 0 unspecified atom stereocenters. The van der Waals surface area contributed by atoms with E-state index in [0.29, 0.717) is 30.4 Å². The average molecular weight is 543 g/mol. The fraction of sp³-hybridized carbons (Fsp3) is 0.323. The second-order valence-electron chi connectivity index (χ2n) is 9.03. The Morgan fingerprint density at radius 2 is 1.41 bits per heavy atom. The summed E-state index contributed by atoms with van der Waals surface area (Å²) in [6, 6.07) is 12.3. The first-order valence-electron chi connectivity index (χ1n) is 12.8. The minimum absolute atomic E-state index is 0.0710. The smallest absolute Gasteiger partial charge is 0.343 e. The van der Waals surface area contributed by atoms with Crippen molar-refractivity contribution in [2.75, 3.05) is 13.2 Å². The van der Waals surface area contributed by atoms with E-state index < -0.39 is 40.6 Å². The zero-order chi connectivity index (χ0) is 28.4. The summed E-state index contributed by atoms with van der Waals surface area (Å²) in [4.78, 5) is 12.5. The summed E-state index contributed by atoms with van der Waals surface area (Å²) in [5, 5.41) is 0. The Morgan fingerprint density at radius 1 is 0.795 bits per heavy atom. The van der Waals surface area contributed by atoms with Crippen molar-refractivity contribution in [1.82, 2.24) is 0 Å². The lowest BCUT2D eigenvalue weighted by Gasteiger charge is -2.11.